The van der Waals surface area contributed by atoms with Gasteiger partial charge in [-0.1, -0.05) is 109 Å². The van der Waals surface area contributed by atoms with Crippen LogP contribution in [0.3, 0.4) is 0 Å². The summed E-state index contributed by atoms with van der Waals surface area (Å²) in [6.45, 7) is 0. The molecule has 0 aromatic heterocycles. The van der Waals surface area contributed by atoms with Gasteiger partial charge in [-0.05, 0) is 28.8 Å². The van der Waals surface area contributed by atoms with Crippen molar-refractivity contribution in [1.82, 2.24) is 0 Å². The fourth-order valence-electron chi connectivity index (χ4n) is 3.54. The van der Waals surface area contributed by atoms with E-state index >= 15 is 0 Å². The first-order valence-electron chi connectivity index (χ1n) is 10.3. The van der Waals surface area contributed by atoms with Gasteiger partial charge in [0.25, 0.3) is 0 Å². The molecular weight excluding hydrogens is 552 g/mol. The number of nitrogens with zero attached hydrogens (tertiary/aromatic N) is 1. The van der Waals surface area contributed by atoms with Crippen molar-refractivity contribution in [3.63, 3.8) is 0 Å². The van der Waals surface area contributed by atoms with E-state index in [1.54, 1.807) is 0 Å². The number of hydrogen-bond acceptors (Lipinski definition) is 2. The van der Waals surface area contributed by atoms with Crippen LogP contribution < -0.4 is 0 Å². The zero-order valence-electron chi connectivity index (χ0n) is 17.8. The zero-order chi connectivity index (χ0) is 23.5. The van der Waals surface area contributed by atoms with Crippen LogP contribution in [0, 0.1) is 0 Å². The van der Waals surface area contributed by atoms with E-state index in [0.29, 0.717) is 6.42 Å². The first-order valence-corrected chi connectivity index (χ1v) is 19.8. The Morgan fingerprint density at radius 2 is 1.00 bits per heavy atom. The Bertz CT molecular complexity index is 1080. The molecule has 167 valence electrons. The van der Waals surface area contributed by atoms with Crippen LogP contribution in [0.5, 0.6) is 0 Å². The summed E-state index contributed by atoms with van der Waals surface area (Å²) in [5.41, 5.74) is 3.22. The number of hydrogen-bond donors (Lipinski definition) is 1. The molecule has 0 bridgehead atoms. The summed E-state index contributed by atoms with van der Waals surface area (Å²) in [5.74, 6) is 0. The van der Waals surface area contributed by atoms with Gasteiger partial charge in [0, 0.05) is 6.42 Å². The number of halogens is 3. The van der Waals surface area contributed by atoms with Gasteiger partial charge in [-0.3, -0.25) is 4.99 Å². The molecule has 0 saturated carbocycles. The standard InChI is InChI=1S/C27H23NO.3ClH.Zr/c29-27(23-15-7-2-8-16-23,24-17-9-3-10-18-24)21-26(22-13-5-1-6-14-22)28-25-19-11-4-12-20-25;;;;/h1-20,29H,21H2;3*1H;/q;;;;+3/p-3. The third kappa shape index (κ3) is 7.92. The Hall–Kier alpha value is -1.74. The van der Waals surface area contributed by atoms with Gasteiger partial charge in [-0.25, -0.2) is 0 Å². The number of benzene rings is 4. The number of rotatable bonds is 6. The summed E-state index contributed by atoms with van der Waals surface area (Å²) in [6.07, 6.45) is 0.361. The van der Waals surface area contributed by atoms with E-state index in [-0.39, 0.29) is 0 Å². The number of para-hydroxylation sites is 1. The van der Waals surface area contributed by atoms with Crippen LogP contribution in [-0.4, -0.2) is 10.8 Å². The zero-order valence-corrected chi connectivity index (χ0v) is 22.5. The molecule has 0 atom stereocenters. The third-order valence-electron chi connectivity index (χ3n) is 5.05. The van der Waals surface area contributed by atoms with E-state index in [4.69, 9.17) is 30.5 Å². The molecule has 33 heavy (non-hydrogen) atoms. The molecule has 4 aromatic carbocycles. The van der Waals surface area contributed by atoms with E-state index in [1.165, 1.54) is 0 Å². The molecule has 0 saturated heterocycles. The van der Waals surface area contributed by atoms with E-state index in [1.807, 2.05) is 121 Å². The average molecular weight is 575 g/mol. The maximum absolute atomic E-state index is 12.0. The molecular formula is C27H23Cl3NOZr. The third-order valence-corrected chi connectivity index (χ3v) is 5.05. The number of aliphatic hydroxyl groups is 1. The monoisotopic (exact) mass is 572 g/mol. The molecule has 0 aliphatic rings. The first-order chi connectivity index (χ1) is 16.0. The number of aliphatic imine (C=N–C) groups is 1. The van der Waals surface area contributed by atoms with Crippen LogP contribution in [0.1, 0.15) is 23.1 Å². The van der Waals surface area contributed by atoms with Gasteiger partial charge in [-0.15, -0.1) is 0 Å². The molecule has 2 nitrogen and oxygen atoms in total. The predicted molar refractivity (Wildman–Crippen MR) is 137 cm³/mol. The topological polar surface area (TPSA) is 32.6 Å². The molecule has 0 amide bonds. The molecule has 0 unspecified atom stereocenters. The summed E-state index contributed by atoms with van der Waals surface area (Å²) in [5, 5.41) is 12.0. The van der Waals surface area contributed by atoms with Crippen molar-refractivity contribution in [3.05, 3.63) is 138 Å². The van der Waals surface area contributed by atoms with E-state index in [0.717, 1.165) is 28.1 Å². The summed E-state index contributed by atoms with van der Waals surface area (Å²) < 4.78 is 0. The molecule has 0 fully saturated rings. The van der Waals surface area contributed by atoms with E-state index in [2.05, 4.69) is 0 Å². The van der Waals surface area contributed by atoms with Crippen LogP contribution >= 0.6 is 25.5 Å². The molecule has 0 aliphatic heterocycles. The predicted octanol–water partition coefficient (Wildman–Crippen LogP) is 8.20. The molecule has 0 heterocycles. The molecule has 0 spiro atoms. The van der Waals surface area contributed by atoms with Gasteiger partial charge in [-0.2, -0.15) is 0 Å². The van der Waals surface area contributed by atoms with Gasteiger partial charge in [0.15, 0.2) is 0 Å². The second-order valence-electron chi connectivity index (χ2n) is 7.24. The minimum absolute atomic E-state index is 0.361. The van der Waals surface area contributed by atoms with Crippen LogP contribution in [-0.2, 0) is 23.8 Å². The Morgan fingerprint density at radius 1 is 0.636 bits per heavy atom. The average Bonchev–Trinajstić information content (AvgIpc) is 2.85. The normalized spacial score (nSPS) is 11.3. The van der Waals surface area contributed by atoms with Crippen molar-refractivity contribution < 1.29 is 23.3 Å². The molecule has 0 radical (unpaired) electrons. The fraction of sp³-hybridized carbons (Fsp3) is 0.0741. The Labute approximate surface area is 213 Å². The van der Waals surface area contributed by atoms with Gasteiger partial charge in [0.05, 0.1) is 11.4 Å². The second kappa shape index (κ2) is 13.2. The van der Waals surface area contributed by atoms with Crippen molar-refractivity contribution in [3.8, 4) is 0 Å². The van der Waals surface area contributed by atoms with E-state index in [9.17, 15) is 5.11 Å². The van der Waals surface area contributed by atoms with Crippen LogP contribution in [0.4, 0.5) is 5.69 Å². The molecule has 4 rings (SSSR count). The summed E-state index contributed by atoms with van der Waals surface area (Å²) >= 11 is -2.13. The Morgan fingerprint density at radius 3 is 1.42 bits per heavy atom. The van der Waals surface area contributed by atoms with Gasteiger partial charge >= 0.3 is 43.7 Å². The van der Waals surface area contributed by atoms with Crippen molar-refractivity contribution >= 4 is 36.9 Å². The summed E-state index contributed by atoms with van der Waals surface area (Å²) in [7, 11) is 15.0. The van der Waals surface area contributed by atoms with Gasteiger partial charge in [0.2, 0.25) is 0 Å². The minimum atomic E-state index is -2.13. The van der Waals surface area contributed by atoms with Gasteiger partial charge < -0.3 is 5.11 Å². The molecule has 4 aromatic rings. The van der Waals surface area contributed by atoms with E-state index < -0.39 is 23.8 Å². The van der Waals surface area contributed by atoms with Crippen LogP contribution in [0.15, 0.2) is 126 Å². The maximum atomic E-state index is 12.0. The Kier molecular flexibility index (Phi) is 10.4. The molecule has 1 N–H and O–H groups in total. The SMILES string of the molecule is OC(CC(=Nc1ccccc1)c1ccccc1)(c1ccccc1)c1ccccc1.[Cl][Zr]([Cl])[Cl]. The van der Waals surface area contributed by atoms with Crippen molar-refractivity contribution in [2.24, 2.45) is 4.99 Å². The molecule has 0 aliphatic carbocycles. The van der Waals surface area contributed by atoms with Crippen LogP contribution in [0.2, 0.25) is 0 Å². The van der Waals surface area contributed by atoms with Gasteiger partial charge in [0.1, 0.15) is 5.60 Å². The fourth-order valence-corrected chi connectivity index (χ4v) is 3.54. The van der Waals surface area contributed by atoms with Crippen molar-refractivity contribution in [2.75, 3.05) is 0 Å². The quantitative estimate of drug-likeness (QED) is 0.231. The Balaban J connectivity index is 0.000000709. The molecule has 6 heteroatoms. The van der Waals surface area contributed by atoms with Crippen molar-refractivity contribution in [1.29, 1.82) is 0 Å². The second-order valence-corrected chi connectivity index (χ2v) is 18.4. The first kappa shape index (κ1) is 25.9. The summed E-state index contributed by atoms with van der Waals surface area (Å²) in [6, 6.07) is 39.6. The van der Waals surface area contributed by atoms with Crippen LogP contribution in [0.25, 0.3) is 0 Å². The van der Waals surface area contributed by atoms with Crippen molar-refractivity contribution in [2.45, 2.75) is 12.0 Å². The summed E-state index contributed by atoms with van der Waals surface area (Å²) in [4.78, 5) is 4.92.